The van der Waals surface area contributed by atoms with Crippen molar-refractivity contribution in [1.82, 2.24) is 5.06 Å². The standard InChI is InChI=1S/C37H41NO6/c1-37(2,3)43-36(39)44-38-21-20-34(35(25-38)42-27-29-14-15-30-12-7-8-13-32(30)24-29)31-16-18-33(19-17-31)41-23-9-22-40-26-28-10-5-4-6-11-28/h4-8,10-20,24,35H,9,21-23,25-27H2,1-3H3. The molecule has 7 heteroatoms. The maximum Gasteiger partial charge on any atom is 0.528 e. The van der Waals surface area contributed by atoms with Gasteiger partial charge in [-0.3, -0.25) is 0 Å². The first-order chi connectivity index (χ1) is 21.3. The van der Waals surface area contributed by atoms with Gasteiger partial charge in [-0.2, -0.15) is 0 Å². The molecular weight excluding hydrogens is 554 g/mol. The van der Waals surface area contributed by atoms with Gasteiger partial charge >= 0.3 is 6.16 Å². The molecule has 1 aliphatic heterocycles. The second-order valence-corrected chi connectivity index (χ2v) is 11.8. The molecule has 230 valence electrons. The molecule has 1 aliphatic rings. The first kappa shape index (κ1) is 31.3. The number of hydrogen-bond donors (Lipinski definition) is 0. The zero-order valence-corrected chi connectivity index (χ0v) is 25.7. The number of hydrogen-bond acceptors (Lipinski definition) is 7. The van der Waals surface area contributed by atoms with Crippen LogP contribution in [-0.2, 0) is 32.3 Å². The minimum atomic E-state index is -0.727. The van der Waals surface area contributed by atoms with Crippen molar-refractivity contribution in [3.05, 3.63) is 120 Å². The van der Waals surface area contributed by atoms with E-state index in [-0.39, 0.29) is 6.10 Å². The number of hydroxylamine groups is 2. The van der Waals surface area contributed by atoms with Crippen LogP contribution in [0.1, 0.15) is 43.9 Å². The maximum absolute atomic E-state index is 12.4. The number of carbonyl (C=O) groups excluding carboxylic acids is 1. The Balaban J connectivity index is 1.19. The van der Waals surface area contributed by atoms with Crippen molar-refractivity contribution in [3.63, 3.8) is 0 Å². The molecule has 4 aromatic rings. The minimum Gasteiger partial charge on any atom is -0.494 e. The fourth-order valence-electron chi connectivity index (χ4n) is 4.97. The maximum atomic E-state index is 12.4. The average Bonchev–Trinajstić information content (AvgIpc) is 3.01. The zero-order valence-electron chi connectivity index (χ0n) is 25.7. The summed E-state index contributed by atoms with van der Waals surface area (Å²) in [4.78, 5) is 17.9. The molecular formula is C37H41NO6. The third-order valence-electron chi connectivity index (χ3n) is 7.09. The van der Waals surface area contributed by atoms with Gasteiger partial charge in [0.25, 0.3) is 0 Å². The molecule has 1 heterocycles. The molecule has 0 saturated carbocycles. The Labute approximate surface area is 259 Å². The van der Waals surface area contributed by atoms with Gasteiger partial charge in [-0.25, -0.2) is 4.79 Å². The van der Waals surface area contributed by atoms with Crippen LogP contribution in [0.15, 0.2) is 103 Å². The Morgan fingerprint density at radius 2 is 1.57 bits per heavy atom. The molecule has 44 heavy (non-hydrogen) atoms. The van der Waals surface area contributed by atoms with Gasteiger partial charge in [0.2, 0.25) is 0 Å². The highest BCUT2D eigenvalue weighted by Crippen LogP contribution is 2.29. The molecule has 1 atom stereocenters. The summed E-state index contributed by atoms with van der Waals surface area (Å²) >= 11 is 0. The first-order valence-corrected chi connectivity index (χ1v) is 15.1. The molecule has 0 radical (unpaired) electrons. The predicted octanol–water partition coefficient (Wildman–Crippen LogP) is 7.98. The Bertz CT molecular complexity index is 1530. The van der Waals surface area contributed by atoms with E-state index in [1.165, 1.54) is 16.3 Å². The highest BCUT2D eigenvalue weighted by Gasteiger charge is 2.28. The lowest BCUT2D eigenvalue weighted by Gasteiger charge is -2.32. The quantitative estimate of drug-likeness (QED) is 0.122. The van der Waals surface area contributed by atoms with Gasteiger partial charge in [0.15, 0.2) is 0 Å². The number of rotatable bonds is 12. The molecule has 0 aliphatic carbocycles. The van der Waals surface area contributed by atoms with Crippen molar-refractivity contribution in [1.29, 1.82) is 0 Å². The van der Waals surface area contributed by atoms with Gasteiger partial charge in [0.05, 0.1) is 45.6 Å². The van der Waals surface area contributed by atoms with Crippen LogP contribution >= 0.6 is 0 Å². The van der Waals surface area contributed by atoms with Gasteiger partial charge in [0.1, 0.15) is 11.4 Å². The highest BCUT2D eigenvalue weighted by atomic mass is 16.8. The molecule has 4 aromatic carbocycles. The molecule has 0 fully saturated rings. The molecule has 0 amide bonds. The Morgan fingerprint density at radius 1 is 0.818 bits per heavy atom. The summed E-state index contributed by atoms with van der Waals surface area (Å²) in [5.41, 5.74) is 3.67. The number of fused-ring (bicyclic) bond motifs is 1. The van der Waals surface area contributed by atoms with Gasteiger partial charge < -0.3 is 23.8 Å². The van der Waals surface area contributed by atoms with E-state index in [1.807, 2.05) is 81.4 Å². The third-order valence-corrected chi connectivity index (χ3v) is 7.09. The average molecular weight is 596 g/mol. The normalized spacial score (nSPS) is 15.5. The summed E-state index contributed by atoms with van der Waals surface area (Å²) in [6, 6.07) is 32.8. The summed E-state index contributed by atoms with van der Waals surface area (Å²) in [5, 5.41) is 3.94. The molecule has 5 rings (SSSR count). The summed E-state index contributed by atoms with van der Waals surface area (Å²) < 4.78 is 23.5. The molecule has 0 aromatic heterocycles. The van der Waals surface area contributed by atoms with Gasteiger partial charge in [0, 0.05) is 6.42 Å². The molecule has 7 nitrogen and oxygen atoms in total. The van der Waals surface area contributed by atoms with Crippen LogP contribution in [-0.4, -0.2) is 49.2 Å². The van der Waals surface area contributed by atoms with E-state index in [9.17, 15) is 4.79 Å². The predicted molar refractivity (Wildman–Crippen MR) is 172 cm³/mol. The lowest BCUT2D eigenvalue weighted by molar-refractivity contribution is -0.152. The molecule has 0 spiro atoms. The van der Waals surface area contributed by atoms with Crippen LogP contribution in [0.25, 0.3) is 16.3 Å². The number of ether oxygens (including phenoxy) is 4. The summed E-state index contributed by atoms with van der Waals surface area (Å²) in [6.07, 6.45) is 1.79. The lowest BCUT2D eigenvalue weighted by Crippen LogP contribution is -2.41. The van der Waals surface area contributed by atoms with Crippen LogP contribution in [0, 0.1) is 0 Å². The van der Waals surface area contributed by atoms with E-state index in [2.05, 4.69) is 42.5 Å². The summed E-state index contributed by atoms with van der Waals surface area (Å²) in [5.74, 6) is 0.803. The second-order valence-electron chi connectivity index (χ2n) is 11.8. The molecule has 1 unspecified atom stereocenters. The first-order valence-electron chi connectivity index (χ1n) is 15.1. The van der Waals surface area contributed by atoms with Crippen LogP contribution in [0.3, 0.4) is 0 Å². The van der Waals surface area contributed by atoms with Crippen LogP contribution in [0.4, 0.5) is 4.79 Å². The monoisotopic (exact) mass is 595 g/mol. The number of nitrogens with zero attached hydrogens (tertiary/aromatic N) is 1. The summed E-state index contributed by atoms with van der Waals surface area (Å²) in [7, 11) is 0. The van der Waals surface area contributed by atoms with Gasteiger partial charge in [-0.15, -0.1) is 5.06 Å². The van der Waals surface area contributed by atoms with E-state index in [4.69, 9.17) is 23.8 Å². The minimum absolute atomic E-state index is 0.328. The molecule has 0 bridgehead atoms. The summed E-state index contributed by atoms with van der Waals surface area (Å²) in [6.45, 7) is 8.46. The number of carbonyl (C=O) groups is 1. The van der Waals surface area contributed by atoms with Crippen LogP contribution in [0.2, 0.25) is 0 Å². The Kier molecular flexibility index (Phi) is 10.7. The van der Waals surface area contributed by atoms with E-state index in [0.717, 1.165) is 28.9 Å². The lowest BCUT2D eigenvalue weighted by atomic mass is 9.97. The second kappa shape index (κ2) is 15.0. The smallest absolute Gasteiger partial charge is 0.494 e. The fourth-order valence-corrected chi connectivity index (χ4v) is 4.97. The molecule has 0 N–H and O–H groups in total. The van der Waals surface area contributed by atoms with Crippen molar-refractivity contribution in [2.24, 2.45) is 0 Å². The highest BCUT2D eigenvalue weighted by molar-refractivity contribution is 5.83. The van der Waals surface area contributed by atoms with Crippen LogP contribution in [0.5, 0.6) is 5.75 Å². The Morgan fingerprint density at radius 3 is 2.34 bits per heavy atom. The SMILES string of the molecule is CC(C)(C)OC(=O)ON1CC=C(c2ccc(OCCCOCc3ccccc3)cc2)C(OCc2ccc3ccccc3c2)C1. The van der Waals surface area contributed by atoms with E-state index < -0.39 is 11.8 Å². The van der Waals surface area contributed by atoms with Gasteiger partial charge in [-0.05, 0) is 72.0 Å². The van der Waals surface area contributed by atoms with E-state index in [0.29, 0.717) is 39.5 Å². The van der Waals surface area contributed by atoms with Crippen LogP contribution < -0.4 is 4.74 Å². The van der Waals surface area contributed by atoms with Crippen molar-refractivity contribution in [3.8, 4) is 5.75 Å². The topological polar surface area (TPSA) is 66.5 Å². The van der Waals surface area contributed by atoms with E-state index >= 15 is 0 Å². The van der Waals surface area contributed by atoms with Crippen molar-refractivity contribution in [2.75, 3.05) is 26.3 Å². The van der Waals surface area contributed by atoms with Gasteiger partial charge in [-0.1, -0.05) is 84.9 Å². The largest absolute Gasteiger partial charge is 0.528 e. The fraction of sp³-hybridized carbons (Fsp3) is 0.324. The Hall–Kier alpha value is -4.17. The molecule has 0 saturated heterocycles. The third kappa shape index (κ3) is 9.41. The van der Waals surface area contributed by atoms with Crippen molar-refractivity contribution >= 4 is 22.5 Å². The zero-order chi connectivity index (χ0) is 30.8. The number of benzene rings is 4. The van der Waals surface area contributed by atoms with Crippen molar-refractivity contribution < 1.29 is 28.6 Å². The van der Waals surface area contributed by atoms with E-state index in [1.54, 1.807) is 5.06 Å². The van der Waals surface area contributed by atoms with Crippen molar-refractivity contribution in [2.45, 2.75) is 52.1 Å².